The lowest BCUT2D eigenvalue weighted by Crippen LogP contribution is -2.50. The molecule has 3 aromatic rings. The van der Waals surface area contributed by atoms with E-state index in [0.717, 1.165) is 17.6 Å². The third-order valence-corrected chi connectivity index (χ3v) is 4.94. The number of nitrogens with zero attached hydrogens (tertiary/aromatic N) is 4. The number of carbonyl (C=O) groups is 2. The Labute approximate surface area is 161 Å². The number of hydrogen-bond acceptors (Lipinski definition) is 5. The van der Waals surface area contributed by atoms with E-state index in [4.69, 9.17) is 4.74 Å². The molecule has 1 atom stereocenters. The summed E-state index contributed by atoms with van der Waals surface area (Å²) < 4.78 is 7.63. The molecule has 0 saturated carbocycles. The Kier molecular flexibility index (Phi) is 4.82. The first kappa shape index (κ1) is 18.2. The van der Waals surface area contributed by atoms with Crippen molar-refractivity contribution >= 4 is 28.5 Å². The van der Waals surface area contributed by atoms with Crippen LogP contribution in [0.2, 0.25) is 0 Å². The number of hydrogen-bond donors (Lipinski definition) is 2. The quantitative estimate of drug-likeness (QED) is 0.713. The molecule has 9 nitrogen and oxygen atoms in total. The Bertz CT molecular complexity index is 1020. The minimum Gasteiger partial charge on any atom is -0.365 e. The second kappa shape index (κ2) is 7.43. The molecule has 0 spiro atoms. The number of benzene rings is 1. The fraction of sp³-hybridized carbons (Fsp3) is 0.368. The normalized spacial score (nSPS) is 17.1. The van der Waals surface area contributed by atoms with Crippen LogP contribution in [0.3, 0.4) is 0 Å². The van der Waals surface area contributed by atoms with E-state index in [1.165, 1.54) is 6.20 Å². The van der Waals surface area contributed by atoms with E-state index < -0.39 is 6.10 Å². The Morgan fingerprint density at radius 3 is 3.00 bits per heavy atom. The van der Waals surface area contributed by atoms with E-state index in [2.05, 4.69) is 27.4 Å². The number of morpholine rings is 1. The summed E-state index contributed by atoms with van der Waals surface area (Å²) in [6, 6.07) is 5.61. The van der Waals surface area contributed by atoms with E-state index in [0.29, 0.717) is 30.1 Å². The summed E-state index contributed by atoms with van der Waals surface area (Å²) in [5.41, 5.74) is 3.70. The number of amides is 2. The van der Waals surface area contributed by atoms with Gasteiger partial charge in [-0.15, -0.1) is 0 Å². The van der Waals surface area contributed by atoms with Gasteiger partial charge in [-0.25, -0.2) is 4.98 Å². The number of anilines is 1. The molecular formula is C19H22N6O3. The summed E-state index contributed by atoms with van der Waals surface area (Å²) in [4.78, 5) is 31.3. The number of aromatic amines is 1. The molecule has 2 N–H and O–H groups in total. The maximum atomic E-state index is 12.7. The van der Waals surface area contributed by atoms with Gasteiger partial charge in [0.05, 0.1) is 42.3 Å². The lowest BCUT2D eigenvalue weighted by atomic mass is 10.2. The van der Waals surface area contributed by atoms with Crippen LogP contribution in [0.25, 0.3) is 11.0 Å². The predicted molar refractivity (Wildman–Crippen MR) is 103 cm³/mol. The van der Waals surface area contributed by atoms with Crippen molar-refractivity contribution in [2.24, 2.45) is 0 Å². The zero-order chi connectivity index (χ0) is 19.7. The van der Waals surface area contributed by atoms with Crippen molar-refractivity contribution in [3.63, 3.8) is 0 Å². The number of rotatable bonds is 4. The fourth-order valence-corrected chi connectivity index (χ4v) is 3.35. The van der Waals surface area contributed by atoms with Crippen LogP contribution >= 0.6 is 0 Å². The number of carbonyl (C=O) groups excluding carboxylic acids is 2. The van der Waals surface area contributed by atoms with Gasteiger partial charge in [0.15, 0.2) is 6.10 Å². The zero-order valence-electron chi connectivity index (χ0n) is 15.8. The molecule has 1 saturated heterocycles. The first-order valence-electron chi connectivity index (χ1n) is 9.23. The van der Waals surface area contributed by atoms with Gasteiger partial charge in [0.25, 0.3) is 11.8 Å². The van der Waals surface area contributed by atoms with Gasteiger partial charge in [-0.05, 0) is 32.0 Å². The monoisotopic (exact) mass is 382 g/mol. The predicted octanol–water partition coefficient (Wildman–Crippen LogP) is 1.57. The van der Waals surface area contributed by atoms with Crippen LogP contribution in [0.5, 0.6) is 0 Å². The summed E-state index contributed by atoms with van der Waals surface area (Å²) in [5, 5.41) is 9.52. The summed E-state index contributed by atoms with van der Waals surface area (Å²) in [7, 11) is 0. The highest BCUT2D eigenvalue weighted by atomic mass is 16.5. The molecule has 2 aromatic heterocycles. The minimum atomic E-state index is -0.728. The van der Waals surface area contributed by atoms with Crippen molar-refractivity contribution < 1.29 is 14.3 Å². The standard InChI is InChI=1S/C19H22N6O3/c1-3-24-11-20-15-8-13(4-5-16(15)24)22-18(26)17-10-25(6-7-28-17)19(27)14-9-21-23-12(14)2/h4-5,8-9,11,17H,3,6-7,10H2,1-2H3,(H,21,23)(H,22,26). The molecule has 3 heterocycles. The molecule has 9 heteroatoms. The lowest BCUT2D eigenvalue weighted by molar-refractivity contribution is -0.131. The van der Waals surface area contributed by atoms with Crippen LogP contribution in [0.1, 0.15) is 23.0 Å². The maximum Gasteiger partial charge on any atom is 0.257 e. The smallest absolute Gasteiger partial charge is 0.257 e. The van der Waals surface area contributed by atoms with Gasteiger partial charge in [0.2, 0.25) is 0 Å². The second-order valence-electron chi connectivity index (χ2n) is 6.74. The first-order chi connectivity index (χ1) is 13.6. The molecule has 28 heavy (non-hydrogen) atoms. The average Bonchev–Trinajstić information content (AvgIpc) is 3.32. The lowest BCUT2D eigenvalue weighted by Gasteiger charge is -2.32. The third-order valence-electron chi connectivity index (χ3n) is 4.94. The number of aryl methyl sites for hydroxylation is 2. The van der Waals surface area contributed by atoms with Crippen molar-refractivity contribution in [1.29, 1.82) is 0 Å². The molecule has 1 aliphatic rings. The number of ether oxygens (including phenoxy) is 1. The van der Waals surface area contributed by atoms with Crippen molar-refractivity contribution in [3.8, 4) is 0 Å². The van der Waals surface area contributed by atoms with E-state index in [1.807, 2.05) is 22.8 Å². The first-order valence-corrected chi connectivity index (χ1v) is 9.23. The molecule has 4 rings (SSSR count). The van der Waals surface area contributed by atoms with Gasteiger partial charge in [-0.2, -0.15) is 5.10 Å². The van der Waals surface area contributed by atoms with Crippen LogP contribution in [-0.2, 0) is 16.1 Å². The molecule has 1 unspecified atom stereocenters. The van der Waals surface area contributed by atoms with Gasteiger partial charge >= 0.3 is 0 Å². The van der Waals surface area contributed by atoms with Gasteiger partial charge < -0.3 is 19.5 Å². The van der Waals surface area contributed by atoms with Gasteiger partial charge in [-0.1, -0.05) is 0 Å². The van der Waals surface area contributed by atoms with Crippen LogP contribution in [-0.4, -0.2) is 62.3 Å². The Hall–Kier alpha value is -3.20. The number of fused-ring (bicyclic) bond motifs is 1. The molecule has 2 amide bonds. The van der Waals surface area contributed by atoms with Crippen LogP contribution in [0.4, 0.5) is 5.69 Å². The maximum absolute atomic E-state index is 12.7. The van der Waals surface area contributed by atoms with Crippen molar-refractivity contribution in [2.75, 3.05) is 25.0 Å². The molecular weight excluding hydrogens is 360 g/mol. The van der Waals surface area contributed by atoms with Crippen molar-refractivity contribution in [3.05, 3.63) is 42.0 Å². The molecule has 146 valence electrons. The molecule has 1 fully saturated rings. The van der Waals surface area contributed by atoms with Gasteiger partial charge in [0.1, 0.15) is 0 Å². The largest absolute Gasteiger partial charge is 0.365 e. The summed E-state index contributed by atoms with van der Waals surface area (Å²) in [5.74, 6) is -0.436. The fourth-order valence-electron chi connectivity index (χ4n) is 3.35. The van der Waals surface area contributed by atoms with E-state index in [-0.39, 0.29) is 18.4 Å². The molecule has 0 bridgehead atoms. The minimum absolute atomic E-state index is 0.154. The highest BCUT2D eigenvalue weighted by Crippen LogP contribution is 2.19. The number of nitrogens with one attached hydrogen (secondary N) is 2. The summed E-state index contributed by atoms with van der Waals surface area (Å²) in [6.45, 7) is 5.62. The Morgan fingerprint density at radius 2 is 2.25 bits per heavy atom. The zero-order valence-corrected chi connectivity index (χ0v) is 15.8. The van der Waals surface area contributed by atoms with Crippen LogP contribution in [0, 0.1) is 6.92 Å². The van der Waals surface area contributed by atoms with Gasteiger partial charge in [-0.3, -0.25) is 14.7 Å². The molecule has 0 aliphatic carbocycles. The van der Waals surface area contributed by atoms with Crippen molar-refractivity contribution in [2.45, 2.75) is 26.5 Å². The van der Waals surface area contributed by atoms with Gasteiger partial charge in [0, 0.05) is 24.5 Å². The summed E-state index contributed by atoms with van der Waals surface area (Å²) in [6.07, 6.45) is 2.56. The highest BCUT2D eigenvalue weighted by molar-refractivity contribution is 5.98. The van der Waals surface area contributed by atoms with E-state index in [1.54, 1.807) is 18.2 Å². The van der Waals surface area contributed by atoms with Crippen molar-refractivity contribution in [1.82, 2.24) is 24.6 Å². The SMILES string of the molecule is CCn1cnc2cc(NC(=O)C3CN(C(=O)c4cn[nH]c4C)CCO3)ccc21. The number of aromatic nitrogens is 4. The second-order valence-corrected chi connectivity index (χ2v) is 6.74. The molecule has 1 aromatic carbocycles. The van der Waals surface area contributed by atoms with E-state index in [9.17, 15) is 9.59 Å². The third kappa shape index (κ3) is 3.36. The topological polar surface area (TPSA) is 105 Å². The number of imidazole rings is 1. The Balaban J connectivity index is 1.44. The van der Waals surface area contributed by atoms with E-state index >= 15 is 0 Å². The molecule has 1 aliphatic heterocycles. The Morgan fingerprint density at radius 1 is 1.39 bits per heavy atom. The molecule has 0 radical (unpaired) electrons. The summed E-state index contributed by atoms with van der Waals surface area (Å²) >= 11 is 0. The van der Waals surface area contributed by atoms with Crippen LogP contribution < -0.4 is 5.32 Å². The highest BCUT2D eigenvalue weighted by Gasteiger charge is 2.30. The number of H-pyrrole nitrogens is 1. The average molecular weight is 382 g/mol. The van der Waals surface area contributed by atoms with Crippen LogP contribution in [0.15, 0.2) is 30.7 Å².